The zero-order valence-electron chi connectivity index (χ0n) is 64.6. The number of allylic oxidation sites excluding steroid dienone is 26. The Kier molecular flexibility index (Phi) is 74.6. The number of aliphatic carboxylic acids is 1. The van der Waals surface area contributed by atoms with Gasteiger partial charge in [-0.05, 0) is 128 Å². The van der Waals surface area contributed by atoms with Gasteiger partial charge in [0, 0.05) is 12.8 Å². The number of unbranched alkanes of at least 4 members (excludes halogenated alkanes) is 33. The number of carboxylic acid groups (broad SMARTS) is 1. The van der Waals surface area contributed by atoms with Crippen molar-refractivity contribution >= 4 is 17.9 Å². The summed E-state index contributed by atoms with van der Waals surface area (Å²) in [7, 11) is 5.93. The molecule has 0 aromatic heterocycles. The number of likely N-dealkylation sites (N-methyl/N-ethyl adjacent to an activating group) is 1. The molecule has 0 bridgehead atoms. The maximum Gasteiger partial charge on any atom is 0.306 e. The Morgan fingerprint density at radius 1 is 0.313 bits per heavy atom. The van der Waals surface area contributed by atoms with Gasteiger partial charge < -0.3 is 33.3 Å². The van der Waals surface area contributed by atoms with E-state index in [0.29, 0.717) is 17.4 Å². The molecule has 0 amide bonds. The molecular formula is C90H151NO8. The van der Waals surface area contributed by atoms with Crippen molar-refractivity contribution in [3.8, 4) is 0 Å². The lowest BCUT2D eigenvalue weighted by molar-refractivity contribution is -0.870. The number of nitrogens with zero attached hydrogens (tertiary/aromatic N) is 1. The van der Waals surface area contributed by atoms with E-state index in [1.54, 1.807) is 0 Å². The summed E-state index contributed by atoms with van der Waals surface area (Å²) in [6.45, 7) is 4.64. The van der Waals surface area contributed by atoms with Crippen LogP contribution in [0.3, 0.4) is 0 Å². The smallest absolute Gasteiger partial charge is 0.306 e. The molecule has 0 saturated carbocycles. The van der Waals surface area contributed by atoms with Gasteiger partial charge in [0.05, 0.1) is 40.3 Å². The van der Waals surface area contributed by atoms with Gasteiger partial charge in [-0.1, -0.05) is 352 Å². The van der Waals surface area contributed by atoms with E-state index in [0.717, 1.165) is 122 Å². The molecule has 9 heteroatoms. The highest BCUT2D eigenvalue weighted by atomic mass is 16.7. The predicted molar refractivity (Wildman–Crippen MR) is 425 cm³/mol. The second-order valence-corrected chi connectivity index (χ2v) is 28.0. The van der Waals surface area contributed by atoms with Crippen molar-refractivity contribution in [2.24, 2.45) is 0 Å². The van der Waals surface area contributed by atoms with Gasteiger partial charge in [-0.2, -0.15) is 0 Å². The highest BCUT2D eigenvalue weighted by molar-refractivity contribution is 5.70. The molecule has 0 aromatic rings. The number of hydrogen-bond acceptors (Lipinski definition) is 8. The van der Waals surface area contributed by atoms with Crippen LogP contribution in [-0.4, -0.2) is 82.3 Å². The number of esters is 2. The molecule has 99 heavy (non-hydrogen) atoms. The Morgan fingerprint density at radius 2 is 0.576 bits per heavy atom. The van der Waals surface area contributed by atoms with Gasteiger partial charge in [0.2, 0.25) is 0 Å². The van der Waals surface area contributed by atoms with Crippen molar-refractivity contribution < 1.29 is 42.9 Å². The fraction of sp³-hybridized carbons (Fsp3) is 0.678. The lowest BCUT2D eigenvalue weighted by Crippen LogP contribution is -2.44. The van der Waals surface area contributed by atoms with Crippen molar-refractivity contribution in [2.45, 2.75) is 347 Å². The van der Waals surface area contributed by atoms with E-state index in [2.05, 4.69) is 172 Å². The molecule has 9 nitrogen and oxygen atoms in total. The monoisotopic (exact) mass is 1370 g/mol. The minimum Gasteiger partial charge on any atom is -0.545 e. The number of rotatable bonds is 74. The summed E-state index contributed by atoms with van der Waals surface area (Å²) in [4.78, 5) is 37.6. The van der Waals surface area contributed by atoms with E-state index in [4.69, 9.17) is 18.9 Å². The number of carbonyl (C=O) groups excluding carboxylic acids is 3. The third-order valence-corrected chi connectivity index (χ3v) is 17.3. The quantitative estimate of drug-likeness (QED) is 0.0195. The molecule has 0 aliphatic rings. The molecule has 0 aromatic carbocycles. The lowest BCUT2D eigenvalue weighted by atomic mass is 10.0. The minimum absolute atomic E-state index is 0.141. The molecule has 0 aliphatic carbocycles. The molecular weight excluding hydrogens is 1220 g/mol. The van der Waals surface area contributed by atoms with E-state index >= 15 is 0 Å². The first kappa shape index (κ1) is 93.9. The number of ether oxygens (including phenoxy) is 4. The molecule has 0 heterocycles. The van der Waals surface area contributed by atoms with E-state index in [-0.39, 0.29) is 38.6 Å². The van der Waals surface area contributed by atoms with Gasteiger partial charge >= 0.3 is 11.9 Å². The topological polar surface area (TPSA) is 111 Å². The lowest BCUT2D eigenvalue weighted by Gasteiger charge is -2.26. The highest BCUT2D eigenvalue weighted by Crippen LogP contribution is 2.18. The summed E-state index contributed by atoms with van der Waals surface area (Å²) in [5.74, 6) is -2.29. The van der Waals surface area contributed by atoms with Crippen LogP contribution in [-0.2, 0) is 33.3 Å². The average Bonchev–Trinajstić information content (AvgIpc) is 2.62. The second kappa shape index (κ2) is 78.6. The number of carboxylic acids is 1. The normalized spacial score (nSPS) is 13.5. The molecule has 0 aliphatic heterocycles. The maximum absolute atomic E-state index is 13.0. The van der Waals surface area contributed by atoms with Gasteiger partial charge in [0.15, 0.2) is 12.4 Å². The van der Waals surface area contributed by atoms with E-state index in [1.807, 2.05) is 21.1 Å². The van der Waals surface area contributed by atoms with Crippen molar-refractivity contribution in [1.29, 1.82) is 0 Å². The standard InChI is InChI=1S/C90H151NO8/c1-6-8-10-12-14-16-18-20-22-24-26-28-30-32-34-36-38-40-41-42-43-44-45-46-47-49-51-53-55-57-59-61-63-65-67-69-71-73-75-77-79-81-88(93)99-86(85-98-90(89(94)95)96-83-82-91(3,4)5)84-97-87(92)80-78-76-74-72-70-68-66-64-62-60-58-56-54-52-50-48-39-37-35-33-31-29-27-25-23-21-19-17-15-13-11-9-7-2/h8,10,14,16,19-22,25-28,31-34,38,40,42-43,45-46,49,51,55,57,86,90H,6-7,9,11-13,15,17-18,23-24,29-30,35-37,39,41,44,47-48,50,52-54,56,58-85H2,1-5H3/b10-8-,16-14-,21-19-,22-20-,27-25-,28-26-,33-31-,34-32-,40-38-,43-42-,46-45-,51-49-,57-55-. The molecule has 0 fully saturated rings. The minimum atomic E-state index is -1.63. The number of hydrogen-bond donors (Lipinski definition) is 0. The largest absolute Gasteiger partial charge is 0.545 e. The predicted octanol–water partition coefficient (Wildman–Crippen LogP) is 25.0. The highest BCUT2D eigenvalue weighted by Gasteiger charge is 2.22. The third-order valence-electron chi connectivity index (χ3n) is 17.3. The van der Waals surface area contributed by atoms with Crippen molar-refractivity contribution in [3.05, 3.63) is 158 Å². The van der Waals surface area contributed by atoms with E-state index in [9.17, 15) is 19.5 Å². The first-order valence-corrected chi connectivity index (χ1v) is 40.6. The van der Waals surface area contributed by atoms with Crippen LogP contribution in [0.2, 0.25) is 0 Å². The van der Waals surface area contributed by atoms with Gasteiger partial charge in [-0.15, -0.1) is 0 Å². The summed E-state index contributed by atoms with van der Waals surface area (Å²) in [5.41, 5.74) is 0. The summed E-state index contributed by atoms with van der Waals surface area (Å²) in [5, 5.41) is 11.9. The Bertz CT molecular complexity index is 2200. The zero-order chi connectivity index (χ0) is 71.8. The molecule has 2 atom stereocenters. The Hall–Kier alpha value is -5.09. The van der Waals surface area contributed by atoms with Crippen molar-refractivity contribution in [1.82, 2.24) is 0 Å². The molecule has 0 saturated heterocycles. The van der Waals surface area contributed by atoms with Crippen molar-refractivity contribution in [2.75, 3.05) is 47.5 Å². The average molecular weight is 1380 g/mol. The Balaban J connectivity index is 4.09. The number of carbonyl (C=O) groups is 3. The van der Waals surface area contributed by atoms with Gasteiger partial charge in [0.25, 0.3) is 0 Å². The number of quaternary nitrogens is 1. The van der Waals surface area contributed by atoms with Crippen LogP contribution in [0.1, 0.15) is 335 Å². The molecule has 0 rings (SSSR count). The van der Waals surface area contributed by atoms with Crippen LogP contribution >= 0.6 is 0 Å². The third kappa shape index (κ3) is 80.1. The summed E-state index contributed by atoms with van der Waals surface area (Å²) in [6.07, 6.45) is 114. The summed E-state index contributed by atoms with van der Waals surface area (Å²) < 4.78 is 22.9. The molecule has 0 N–H and O–H groups in total. The SMILES string of the molecule is CC/C=C\C/C=C\C/C=C\C/C=C\C/C=C\C/C=C\C/C=C\C/C=C\C/C=C\C/C=C\CCCCCCCCCCCCC(=O)OC(COC(=O)CCCCCCCCCCCCCCCCCCCC/C=C\C/C=C\C/C=C\CCCCCCC)COC(OCC[N+](C)(C)C)C(=O)[O-]. The van der Waals surface area contributed by atoms with E-state index in [1.165, 1.54) is 180 Å². The first-order valence-electron chi connectivity index (χ1n) is 40.6. The summed E-state index contributed by atoms with van der Waals surface area (Å²) in [6, 6.07) is 0. The van der Waals surface area contributed by atoms with Crippen LogP contribution < -0.4 is 5.11 Å². The van der Waals surface area contributed by atoms with Crippen LogP contribution in [0.25, 0.3) is 0 Å². The molecule has 0 spiro atoms. The van der Waals surface area contributed by atoms with Crippen LogP contribution in [0, 0.1) is 0 Å². The molecule has 2 unspecified atom stereocenters. The van der Waals surface area contributed by atoms with Crippen LogP contribution in [0.4, 0.5) is 0 Å². The summed E-state index contributed by atoms with van der Waals surface area (Å²) >= 11 is 0. The molecule has 0 radical (unpaired) electrons. The van der Waals surface area contributed by atoms with Gasteiger partial charge in [0.1, 0.15) is 13.2 Å². The second-order valence-electron chi connectivity index (χ2n) is 28.0. The fourth-order valence-corrected chi connectivity index (χ4v) is 11.1. The molecule has 564 valence electrons. The first-order chi connectivity index (χ1) is 48.6. The van der Waals surface area contributed by atoms with Crippen LogP contribution in [0.15, 0.2) is 158 Å². The fourth-order valence-electron chi connectivity index (χ4n) is 11.1. The van der Waals surface area contributed by atoms with E-state index < -0.39 is 24.3 Å². The van der Waals surface area contributed by atoms with Crippen LogP contribution in [0.5, 0.6) is 0 Å². The van der Waals surface area contributed by atoms with Gasteiger partial charge in [-0.25, -0.2) is 0 Å². The zero-order valence-corrected chi connectivity index (χ0v) is 64.6. The Morgan fingerprint density at radius 3 is 0.859 bits per heavy atom. The maximum atomic E-state index is 13.0. The Labute approximate surface area is 610 Å². The van der Waals surface area contributed by atoms with Gasteiger partial charge in [-0.3, -0.25) is 9.59 Å². The van der Waals surface area contributed by atoms with Crippen molar-refractivity contribution in [3.63, 3.8) is 0 Å².